The fraction of sp³-hybridized carbons (Fsp3) is 0. The summed E-state index contributed by atoms with van der Waals surface area (Å²) < 4.78 is 0.351. The second kappa shape index (κ2) is 5.65. The Kier molecular flexibility index (Phi) is 3.66. The summed E-state index contributed by atoms with van der Waals surface area (Å²) in [7, 11) is 0. The Hall–Kier alpha value is -3.01. The molecule has 0 spiro atoms. The number of aromatic nitrogens is 4. The van der Waals surface area contributed by atoms with Gasteiger partial charge < -0.3 is 21.1 Å². The molecule has 0 radical (unpaired) electrons. The number of anilines is 3. The zero-order chi connectivity index (χ0) is 16.6. The smallest absolute Gasteiger partial charge is 0.353 e. The average Bonchev–Trinajstić information content (AvgIpc) is 2.87. The minimum atomic E-state index is -1.11. The van der Waals surface area contributed by atoms with E-state index in [-0.39, 0.29) is 5.69 Å². The summed E-state index contributed by atoms with van der Waals surface area (Å²) in [5, 5.41) is 18.2. The van der Waals surface area contributed by atoms with E-state index in [4.69, 9.17) is 11.1 Å². The van der Waals surface area contributed by atoms with Gasteiger partial charge in [-0.05, 0) is 22.0 Å². The summed E-state index contributed by atoms with van der Waals surface area (Å²) in [4.78, 5) is 26.2. The fourth-order valence-electron chi connectivity index (χ4n) is 2.04. The van der Waals surface area contributed by atoms with Gasteiger partial charge in [0.15, 0.2) is 6.21 Å². The molecule has 0 atom stereocenters. The molecule has 3 aromatic heterocycles. The predicted molar refractivity (Wildman–Crippen MR) is 87.6 cm³/mol. The first-order chi connectivity index (χ1) is 11.0. The molecular weight excluding hydrogens is 366 g/mol. The van der Waals surface area contributed by atoms with Crippen LogP contribution in [0.2, 0.25) is 0 Å². The van der Waals surface area contributed by atoms with E-state index in [9.17, 15) is 9.90 Å². The van der Waals surface area contributed by atoms with Crippen LogP contribution in [0.4, 0.5) is 17.3 Å². The Morgan fingerprint density at radius 1 is 1.43 bits per heavy atom. The summed E-state index contributed by atoms with van der Waals surface area (Å²) in [5.41, 5.74) is 7.18. The van der Waals surface area contributed by atoms with Crippen molar-refractivity contribution in [2.24, 2.45) is 0 Å². The summed E-state index contributed by atoms with van der Waals surface area (Å²) >= 11 is 3.26. The average molecular weight is 377 g/mol. The maximum atomic E-state index is 11.2. The van der Waals surface area contributed by atoms with Crippen LogP contribution < -0.4 is 16.5 Å². The van der Waals surface area contributed by atoms with Crippen molar-refractivity contribution in [1.82, 2.24) is 19.9 Å². The van der Waals surface area contributed by atoms with E-state index in [2.05, 4.69) is 41.2 Å². The molecule has 0 amide bonds. The lowest BCUT2D eigenvalue weighted by Crippen LogP contribution is -2.30. The minimum absolute atomic E-state index is 0.00945. The predicted octanol–water partition coefficient (Wildman–Crippen LogP) is 0.317. The van der Waals surface area contributed by atoms with Gasteiger partial charge in [-0.1, -0.05) is 0 Å². The Bertz CT molecular complexity index is 937. The number of halogens is 1. The number of aromatic carboxylic acids is 1. The molecule has 0 saturated carbocycles. The third kappa shape index (κ3) is 2.59. The van der Waals surface area contributed by atoms with Crippen molar-refractivity contribution in [3.05, 3.63) is 34.3 Å². The van der Waals surface area contributed by atoms with E-state index in [1.54, 1.807) is 6.07 Å². The number of nitrogens with one attached hydrogen (secondary N) is 2. The summed E-state index contributed by atoms with van der Waals surface area (Å²) in [6, 6.07) is 1.65. The lowest BCUT2D eigenvalue weighted by atomic mass is 10.2. The Balaban J connectivity index is 2.10. The minimum Gasteiger partial charge on any atom is -0.477 e. The molecule has 3 rings (SSSR count). The monoisotopic (exact) mass is 376 g/mol. The van der Waals surface area contributed by atoms with Crippen molar-refractivity contribution in [3.63, 3.8) is 0 Å². The highest BCUT2D eigenvalue weighted by molar-refractivity contribution is 9.10. The number of H-pyrrole nitrogens is 1. The Morgan fingerprint density at radius 3 is 2.91 bits per heavy atom. The van der Waals surface area contributed by atoms with Crippen molar-refractivity contribution in [3.8, 4) is 0 Å². The standard InChI is InChI=1S/C13H10BrN7O2/c14-9-8-11(18-4-19-12(8)21-10(9)13(22)23)20-7-1-5(2-15)6(16)3-17-7/h1-4,15H,16H2,(H,22,23)(H2,17,18,19,20,21)/p+1. The highest BCUT2D eigenvalue weighted by Crippen LogP contribution is 2.32. The van der Waals surface area contributed by atoms with Crippen molar-refractivity contribution in [2.45, 2.75) is 0 Å². The van der Waals surface area contributed by atoms with E-state index >= 15 is 0 Å². The summed E-state index contributed by atoms with van der Waals surface area (Å²) in [5.74, 6) is -0.252. The molecule has 0 aliphatic carbocycles. The topological polar surface area (TPSA) is 155 Å². The molecule has 3 aromatic rings. The highest BCUT2D eigenvalue weighted by atomic mass is 79.9. The first kappa shape index (κ1) is 14.9. The van der Waals surface area contributed by atoms with Gasteiger partial charge in [-0.15, -0.1) is 0 Å². The van der Waals surface area contributed by atoms with Crippen molar-refractivity contribution in [2.75, 3.05) is 11.1 Å². The van der Waals surface area contributed by atoms with E-state index in [1.807, 2.05) is 0 Å². The normalized spacial score (nSPS) is 10.7. The largest absolute Gasteiger partial charge is 0.477 e. The third-order valence-electron chi connectivity index (χ3n) is 3.14. The molecule has 0 aliphatic rings. The fourth-order valence-corrected chi connectivity index (χ4v) is 2.69. The maximum Gasteiger partial charge on any atom is 0.353 e. The first-order valence-corrected chi connectivity index (χ1v) is 7.13. The molecule has 0 saturated heterocycles. The van der Waals surface area contributed by atoms with E-state index < -0.39 is 5.97 Å². The quantitative estimate of drug-likeness (QED) is 0.410. The van der Waals surface area contributed by atoms with Gasteiger partial charge in [-0.25, -0.2) is 19.7 Å². The van der Waals surface area contributed by atoms with Gasteiger partial charge in [0, 0.05) is 0 Å². The molecule has 10 heteroatoms. The SMILES string of the molecule is Nc1cnc(Nc2ncnc3[nH]c(C(=O)O)c(Br)c23)cc1C=[NH2+]. The first-order valence-electron chi connectivity index (χ1n) is 6.34. The number of carbonyl (C=O) groups is 1. The number of hydrogen-bond acceptors (Lipinski definition) is 6. The number of hydrogen-bond donors (Lipinski definition) is 5. The van der Waals surface area contributed by atoms with Gasteiger partial charge in [-0.3, -0.25) is 5.41 Å². The van der Waals surface area contributed by atoms with E-state index in [0.717, 1.165) is 0 Å². The van der Waals surface area contributed by atoms with E-state index in [0.29, 0.717) is 38.4 Å². The number of aromatic amines is 1. The van der Waals surface area contributed by atoms with Crippen LogP contribution in [-0.2, 0) is 0 Å². The summed E-state index contributed by atoms with van der Waals surface area (Å²) in [6.45, 7) is 0. The van der Waals surface area contributed by atoms with Gasteiger partial charge in [0.1, 0.15) is 29.3 Å². The number of nitrogens with two attached hydrogens (primary N) is 2. The summed E-state index contributed by atoms with van der Waals surface area (Å²) in [6.07, 6.45) is 4.15. The zero-order valence-electron chi connectivity index (χ0n) is 11.5. The molecule has 9 nitrogen and oxygen atoms in total. The molecule has 0 unspecified atom stereocenters. The van der Waals surface area contributed by atoms with Gasteiger partial charge in [0.2, 0.25) is 0 Å². The molecule has 0 bridgehead atoms. The van der Waals surface area contributed by atoms with Gasteiger partial charge in [0.25, 0.3) is 0 Å². The number of fused-ring (bicyclic) bond motifs is 1. The lowest BCUT2D eigenvalue weighted by Gasteiger charge is -2.07. The van der Waals surface area contributed by atoms with Crippen LogP contribution in [0.1, 0.15) is 16.1 Å². The molecule has 23 heavy (non-hydrogen) atoms. The zero-order valence-corrected chi connectivity index (χ0v) is 13.1. The van der Waals surface area contributed by atoms with Crippen molar-refractivity contribution in [1.29, 1.82) is 0 Å². The number of carboxylic acid groups (broad SMARTS) is 1. The molecule has 0 aromatic carbocycles. The van der Waals surface area contributed by atoms with Gasteiger partial charge in [0.05, 0.1) is 27.3 Å². The van der Waals surface area contributed by atoms with Crippen molar-refractivity contribution < 1.29 is 15.3 Å². The molecular formula is C13H11BrN7O2+. The number of pyridine rings is 1. The number of rotatable bonds is 4. The van der Waals surface area contributed by atoms with Crippen molar-refractivity contribution >= 4 is 56.5 Å². The number of nitrogens with zero attached hydrogens (tertiary/aromatic N) is 3. The van der Waals surface area contributed by atoms with Crippen LogP contribution in [0.15, 0.2) is 23.1 Å². The molecule has 3 heterocycles. The number of carboxylic acids is 1. The molecule has 116 valence electrons. The van der Waals surface area contributed by atoms with Crippen LogP contribution in [0, 0.1) is 0 Å². The van der Waals surface area contributed by atoms with Gasteiger partial charge >= 0.3 is 5.97 Å². The molecule has 7 N–H and O–H groups in total. The Labute approximate surface area is 137 Å². The second-order valence-electron chi connectivity index (χ2n) is 4.56. The van der Waals surface area contributed by atoms with Crippen LogP contribution in [0.5, 0.6) is 0 Å². The van der Waals surface area contributed by atoms with E-state index in [1.165, 1.54) is 18.7 Å². The lowest BCUT2D eigenvalue weighted by molar-refractivity contribution is -0.104. The van der Waals surface area contributed by atoms with Crippen LogP contribution in [-0.4, -0.2) is 37.2 Å². The molecule has 0 fully saturated rings. The van der Waals surface area contributed by atoms with Crippen LogP contribution >= 0.6 is 15.9 Å². The third-order valence-corrected chi connectivity index (χ3v) is 3.93. The number of nitrogen functional groups attached to an aromatic ring is 1. The van der Waals surface area contributed by atoms with Gasteiger partial charge in [-0.2, -0.15) is 0 Å². The second-order valence-corrected chi connectivity index (χ2v) is 5.35. The van der Waals surface area contributed by atoms with Crippen LogP contribution in [0.3, 0.4) is 0 Å². The highest BCUT2D eigenvalue weighted by Gasteiger charge is 2.19. The molecule has 0 aliphatic heterocycles. The Morgan fingerprint density at radius 2 is 2.22 bits per heavy atom. The maximum absolute atomic E-state index is 11.2. The van der Waals surface area contributed by atoms with Crippen LogP contribution in [0.25, 0.3) is 11.0 Å².